The zero-order chi connectivity index (χ0) is 15.8. The molecule has 1 amide bonds. The summed E-state index contributed by atoms with van der Waals surface area (Å²) in [6, 6.07) is 7.27. The van der Waals surface area contributed by atoms with E-state index in [1.54, 1.807) is 13.2 Å². The Kier molecular flexibility index (Phi) is 8.37. The van der Waals surface area contributed by atoms with Crippen LogP contribution < -0.4 is 15.4 Å². The van der Waals surface area contributed by atoms with Gasteiger partial charge in [0, 0.05) is 19.2 Å². The van der Waals surface area contributed by atoms with Crippen LogP contribution in [0.5, 0.6) is 5.75 Å². The molecule has 1 aromatic rings. The summed E-state index contributed by atoms with van der Waals surface area (Å²) in [5.41, 5.74) is 0.820. The first kappa shape index (κ1) is 19.7. The van der Waals surface area contributed by atoms with Crippen LogP contribution in [0.4, 0.5) is 0 Å². The normalized spacial score (nSPS) is 16.3. The van der Waals surface area contributed by atoms with Crippen LogP contribution >= 0.6 is 12.4 Å². The van der Waals surface area contributed by atoms with Gasteiger partial charge in [0.15, 0.2) is 0 Å². The molecular weight excluding hydrogens is 316 g/mol. The van der Waals surface area contributed by atoms with Gasteiger partial charge in [0.25, 0.3) is 5.91 Å². The van der Waals surface area contributed by atoms with Crippen molar-refractivity contribution < 1.29 is 14.3 Å². The average Bonchev–Trinajstić information content (AvgIpc) is 2.54. The molecule has 23 heavy (non-hydrogen) atoms. The molecule has 6 heteroatoms. The molecule has 0 radical (unpaired) electrons. The topological polar surface area (TPSA) is 59.6 Å². The molecule has 1 aliphatic heterocycles. The van der Waals surface area contributed by atoms with Crippen molar-refractivity contribution in [2.75, 3.05) is 40.0 Å². The fourth-order valence-corrected chi connectivity index (χ4v) is 2.57. The van der Waals surface area contributed by atoms with Crippen LogP contribution in [0, 0.1) is 5.41 Å². The molecule has 2 rings (SSSR count). The second-order valence-electron chi connectivity index (χ2n) is 6.11. The lowest BCUT2D eigenvalue weighted by molar-refractivity contribution is 0.0921. The number of piperidine rings is 1. The molecule has 1 fully saturated rings. The van der Waals surface area contributed by atoms with Gasteiger partial charge in [-0.3, -0.25) is 4.79 Å². The fourth-order valence-electron chi connectivity index (χ4n) is 2.57. The van der Waals surface area contributed by atoms with Crippen LogP contribution in [0.15, 0.2) is 24.3 Å². The Morgan fingerprint density at radius 1 is 1.30 bits per heavy atom. The third-order valence-corrected chi connectivity index (χ3v) is 4.14. The third-order valence-electron chi connectivity index (χ3n) is 4.14. The second kappa shape index (κ2) is 9.75. The van der Waals surface area contributed by atoms with Gasteiger partial charge < -0.3 is 20.1 Å². The zero-order valence-electron chi connectivity index (χ0n) is 13.9. The van der Waals surface area contributed by atoms with Gasteiger partial charge in [-0.25, -0.2) is 0 Å². The summed E-state index contributed by atoms with van der Waals surface area (Å²) in [6.45, 7) is 6.00. The van der Waals surface area contributed by atoms with Crippen LogP contribution in [0.1, 0.15) is 30.1 Å². The van der Waals surface area contributed by atoms with Crippen molar-refractivity contribution in [3.63, 3.8) is 0 Å². The highest BCUT2D eigenvalue weighted by atomic mass is 35.5. The standard InChI is InChI=1S/C17H26N2O3.ClH/c1-17(6-8-18-9-7-17)13-19-16(20)14-4-3-5-15(12-14)22-11-10-21-2;/h3-5,12,18H,6-11,13H2,1-2H3,(H,19,20);1H. The van der Waals surface area contributed by atoms with Crippen LogP contribution in [0.25, 0.3) is 0 Å². The van der Waals surface area contributed by atoms with E-state index in [4.69, 9.17) is 9.47 Å². The summed E-state index contributed by atoms with van der Waals surface area (Å²) in [7, 11) is 1.63. The van der Waals surface area contributed by atoms with Crippen LogP contribution in [0.3, 0.4) is 0 Å². The van der Waals surface area contributed by atoms with E-state index in [1.165, 1.54) is 0 Å². The highest BCUT2D eigenvalue weighted by Gasteiger charge is 2.27. The minimum absolute atomic E-state index is 0. The largest absolute Gasteiger partial charge is 0.491 e. The molecule has 0 unspecified atom stereocenters. The molecule has 0 atom stereocenters. The van der Waals surface area contributed by atoms with Gasteiger partial charge in [0.05, 0.1) is 6.61 Å². The number of hydrogen-bond acceptors (Lipinski definition) is 4. The van der Waals surface area contributed by atoms with Crippen molar-refractivity contribution in [2.24, 2.45) is 5.41 Å². The molecule has 0 spiro atoms. The van der Waals surface area contributed by atoms with E-state index in [2.05, 4.69) is 17.6 Å². The lowest BCUT2D eigenvalue weighted by Crippen LogP contribution is -2.42. The number of benzene rings is 1. The first-order valence-corrected chi connectivity index (χ1v) is 7.84. The van der Waals surface area contributed by atoms with E-state index < -0.39 is 0 Å². The molecule has 130 valence electrons. The van der Waals surface area contributed by atoms with E-state index >= 15 is 0 Å². The predicted molar refractivity (Wildman–Crippen MR) is 93.6 cm³/mol. The minimum atomic E-state index is -0.0445. The van der Waals surface area contributed by atoms with Gasteiger partial charge in [-0.1, -0.05) is 13.0 Å². The third kappa shape index (κ3) is 6.37. The van der Waals surface area contributed by atoms with Crippen molar-refractivity contribution in [2.45, 2.75) is 19.8 Å². The molecule has 1 saturated heterocycles. The highest BCUT2D eigenvalue weighted by molar-refractivity contribution is 5.94. The molecule has 0 aromatic heterocycles. The number of halogens is 1. The Bertz CT molecular complexity index is 490. The molecule has 2 N–H and O–H groups in total. The Morgan fingerprint density at radius 2 is 2.04 bits per heavy atom. The average molecular weight is 343 g/mol. The number of carbonyl (C=O) groups is 1. The van der Waals surface area contributed by atoms with Gasteiger partial charge in [0.2, 0.25) is 0 Å². The molecule has 1 aromatic carbocycles. The maximum atomic E-state index is 12.3. The van der Waals surface area contributed by atoms with Gasteiger partial charge in [-0.2, -0.15) is 0 Å². The Morgan fingerprint density at radius 3 is 2.74 bits per heavy atom. The van der Waals surface area contributed by atoms with Crippen molar-refractivity contribution in [1.29, 1.82) is 0 Å². The van der Waals surface area contributed by atoms with Gasteiger partial charge in [0.1, 0.15) is 12.4 Å². The van der Waals surface area contributed by atoms with Gasteiger partial charge in [-0.05, 0) is 49.5 Å². The molecule has 0 bridgehead atoms. The van der Waals surface area contributed by atoms with E-state index in [-0.39, 0.29) is 23.7 Å². The van der Waals surface area contributed by atoms with E-state index in [1.807, 2.05) is 18.2 Å². The monoisotopic (exact) mass is 342 g/mol. The summed E-state index contributed by atoms with van der Waals surface area (Å²) in [6.07, 6.45) is 2.18. The minimum Gasteiger partial charge on any atom is -0.491 e. The first-order chi connectivity index (χ1) is 10.6. The van der Waals surface area contributed by atoms with Crippen LogP contribution in [-0.4, -0.2) is 45.9 Å². The molecule has 0 aliphatic carbocycles. The number of methoxy groups -OCH3 is 1. The SMILES string of the molecule is COCCOc1cccc(C(=O)NCC2(C)CCNCC2)c1.Cl. The predicted octanol–water partition coefficient (Wildman–Crippen LogP) is 2.25. The van der Waals surface area contributed by atoms with Gasteiger partial charge >= 0.3 is 0 Å². The Balaban J connectivity index is 0.00000264. The number of rotatable bonds is 7. The van der Waals surface area contributed by atoms with Crippen molar-refractivity contribution >= 4 is 18.3 Å². The fraction of sp³-hybridized carbons (Fsp3) is 0.588. The zero-order valence-corrected chi connectivity index (χ0v) is 14.7. The first-order valence-electron chi connectivity index (χ1n) is 7.84. The van der Waals surface area contributed by atoms with Crippen molar-refractivity contribution in [1.82, 2.24) is 10.6 Å². The highest BCUT2D eigenvalue weighted by Crippen LogP contribution is 2.26. The van der Waals surface area contributed by atoms with Gasteiger partial charge in [-0.15, -0.1) is 12.4 Å². The number of amides is 1. The Hall–Kier alpha value is -1.30. The smallest absolute Gasteiger partial charge is 0.251 e. The quantitative estimate of drug-likeness (QED) is 0.746. The summed E-state index contributed by atoms with van der Waals surface area (Å²) < 4.78 is 10.5. The molecule has 1 aliphatic rings. The van der Waals surface area contributed by atoms with Crippen molar-refractivity contribution in [3.8, 4) is 5.75 Å². The number of ether oxygens (including phenoxy) is 2. The maximum absolute atomic E-state index is 12.3. The molecular formula is C17H27ClN2O3. The van der Waals surface area contributed by atoms with Crippen LogP contribution in [0.2, 0.25) is 0 Å². The van der Waals surface area contributed by atoms with E-state index in [0.717, 1.165) is 25.9 Å². The summed E-state index contributed by atoms with van der Waals surface area (Å²) in [4.78, 5) is 12.3. The van der Waals surface area contributed by atoms with E-state index in [9.17, 15) is 4.79 Å². The lowest BCUT2D eigenvalue weighted by atomic mass is 9.81. The molecule has 1 heterocycles. The van der Waals surface area contributed by atoms with E-state index in [0.29, 0.717) is 31.1 Å². The number of hydrogen-bond donors (Lipinski definition) is 2. The van der Waals surface area contributed by atoms with Crippen LogP contribution in [-0.2, 0) is 4.74 Å². The Labute approximate surface area is 144 Å². The summed E-state index contributed by atoms with van der Waals surface area (Å²) in [5, 5.41) is 6.41. The summed E-state index contributed by atoms with van der Waals surface area (Å²) in [5.74, 6) is 0.648. The number of carbonyl (C=O) groups excluding carboxylic acids is 1. The maximum Gasteiger partial charge on any atom is 0.251 e. The van der Waals surface area contributed by atoms with Crippen molar-refractivity contribution in [3.05, 3.63) is 29.8 Å². The molecule has 0 saturated carbocycles. The second-order valence-corrected chi connectivity index (χ2v) is 6.11. The lowest BCUT2D eigenvalue weighted by Gasteiger charge is -2.34. The summed E-state index contributed by atoms with van der Waals surface area (Å²) >= 11 is 0. The number of nitrogens with one attached hydrogen (secondary N) is 2. The molecule has 5 nitrogen and oxygen atoms in total.